The summed E-state index contributed by atoms with van der Waals surface area (Å²) in [6.45, 7) is 0.977. The predicted molar refractivity (Wildman–Crippen MR) is 109 cm³/mol. The Hall–Kier alpha value is -2.89. The molecule has 6 heteroatoms. The lowest BCUT2D eigenvalue weighted by molar-refractivity contribution is 0.0952. The van der Waals surface area contributed by atoms with Crippen molar-refractivity contribution in [3.05, 3.63) is 70.3 Å². The number of pyridine rings is 1. The minimum absolute atomic E-state index is 0.0717. The van der Waals surface area contributed by atoms with Gasteiger partial charge >= 0.3 is 5.69 Å². The van der Waals surface area contributed by atoms with Gasteiger partial charge in [-0.25, -0.2) is 9.48 Å². The van der Waals surface area contributed by atoms with E-state index in [1.807, 2.05) is 18.2 Å². The highest BCUT2D eigenvalue weighted by Crippen LogP contribution is 2.32. The zero-order valence-corrected chi connectivity index (χ0v) is 16.0. The number of aryl methyl sites for hydroxylation is 1. The molecule has 1 aliphatic rings. The Balaban J connectivity index is 1.28. The normalized spacial score (nSPS) is 15.0. The first-order chi connectivity index (χ1) is 13.7. The van der Waals surface area contributed by atoms with Crippen LogP contribution in [0.25, 0.3) is 5.65 Å². The van der Waals surface area contributed by atoms with Crippen LogP contribution < -0.4 is 11.0 Å². The third-order valence-electron chi connectivity index (χ3n) is 5.57. The standard InChI is InChI=1S/C22H26N4O2/c27-21(19-12-10-18(11-13-19)17-7-2-1-3-8-17)23-14-6-16-26-22(28)25-15-5-4-9-20(25)24-26/h4-5,9-13,15,17H,1-3,6-8,14,16H2,(H,23,27). The van der Waals surface area contributed by atoms with Crippen molar-refractivity contribution in [1.82, 2.24) is 19.5 Å². The van der Waals surface area contributed by atoms with Crippen LogP contribution in [0.3, 0.4) is 0 Å². The van der Waals surface area contributed by atoms with Gasteiger partial charge in [0.15, 0.2) is 5.65 Å². The van der Waals surface area contributed by atoms with E-state index in [1.165, 1.54) is 46.8 Å². The number of fused-ring (bicyclic) bond motifs is 1. The van der Waals surface area contributed by atoms with Gasteiger partial charge in [-0.2, -0.15) is 0 Å². The van der Waals surface area contributed by atoms with Crippen LogP contribution in [0.15, 0.2) is 53.5 Å². The quantitative estimate of drug-likeness (QED) is 0.669. The minimum Gasteiger partial charge on any atom is -0.352 e. The Bertz CT molecular complexity index is 997. The Morgan fingerprint density at radius 3 is 2.61 bits per heavy atom. The molecule has 0 radical (unpaired) electrons. The van der Waals surface area contributed by atoms with Gasteiger partial charge in [0.05, 0.1) is 0 Å². The van der Waals surface area contributed by atoms with Gasteiger partial charge in [-0.05, 0) is 55.0 Å². The second-order valence-electron chi connectivity index (χ2n) is 7.50. The van der Waals surface area contributed by atoms with Crippen LogP contribution in [-0.2, 0) is 6.54 Å². The molecule has 1 aliphatic carbocycles. The van der Waals surface area contributed by atoms with E-state index in [9.17, 15) is 9.59 Å². The van der Waals surface area contributed by atoms with Gasteiger partial charge in [-0.15, -0.1) is 5.10 Å². The smallest absolute Gasteiger partial charge is 0.350 e. The average molecular weight is 378 g/mol. The minimum atomic E-state index is -0.153. The molecule has 4 rings (SSSR count). The monoisotopic (exact) mass is 378 g/mol. The van der Waals surface area contributed by atoms with Crippen LogP contribution in [0, 0.1) is 0 Å². The SMILES string of the molecule is O=C(NCCCn1nc2ccccn2c1=O)c1ccc(C2CCCCC2)cc1. The maximum atomic E-state index is 12.4. The number of benzene rings is 1. The van der Waals surface area contributed by atoms with Crippen molar-refractivity contribution in [1.29, 1.82) is 0 Å². The molecule has 28 heavy (non-hydrogen) atoms. The fourth-order valence-electron chi connectivity index (χ4n) is 3.99. The summed E-state index contributed by atoms with van der Waals surface area (Å²) in [4.78, 5) is 24.6. The maximum absolute atomic E-state index is 12.4. The molecular formula is C22H26N4O2. The van der Waals surface area contributed by atoms with Crippen LogP contribution in [-0.4, -0.2) is 26.6 Å². The van der Waals surface area contributed by atoms with Gasteiger partial charge in [0, 0.05) is 24.8 Å². The number of aromatic nitrogens is 3. The number of nitrogens with one attached hydrogen (secondary N) is 1. The van der Waals surface area contributed by atoms with Gasteiger partial charge in [-0.1, -0.05) is 37.5 Å². The summed E-state index contributed by atoms with van der Waals surface area (Å²) in [6.07, 6.45) is 8.83. The number of hydrogen-bond donors (Lipinski definition) is 1. The Morgan fingerprint density at radius 2 is 1.86 bits per heavy atom. The number of carbonyl (C=O) groups excluding carboxylic acids is 1. The molecule has 1 aromatic carbocycles. The molecule has 1 fully saturated rings. The highest BCUT2D eigenvalue weighted by molar-refractivity contribution is 5.94. The zero-order chi connectivity index (χ0) is 19.3. The fourth-order valence-corrected chi connectivity index (χ4v) is 3.99. The Labute approximate surface area is 164 Å². The van der Waals surface area contributed by atoms with E-state index in [-0.39, 0.29) is 11.6 Å². The highest BCUT2D eigenvalue weighted by atomic mass is 16.2. The maximum Gasteiger partial charge on any atom is 0.350 e. The Kier molecular flexibility index (Phi) is 5.55. The van der Waals surface area contributed by atoms with Crippen LogP contribution in [0.2, 0.25) is 0 Å². The summed E-state index contributed by atoms with van der Waals surface area (Å²) in [7, 11) is 0. The second kappa shape index (κ2) is 8.42. The summed E-state index contributed by atoms with van der Waals surface area (Å²) >= 11 is 0. The molecule has 0 spiro atoms. The topological polar surface area (TPSA) is 68.4 Å². The first-order valence-corrected chi connectivity index (χ1v) is 10.1. The van der Waals surface area contributed by atoms with E-state index in [4.69, 9.17) is 0 Å². The predicted octanol–water partition coefficient (Wildman–Crippen LogP) is 3.36. The molecule has 0 unspecified atom stereocenters. The first-order valence-electron chi connectivity index (χ1n) is 10.1. The van der Waals surface area contributed by atoms with E-state index < -0.39 is 0 Å². The summed E-state index contributed by atoms with van der Waals surface area (Å²) in [5.41, 5.74) is 2.52. The number of rotatable bonds is 6. The largest absolute Gasteiger partial charge is 0.352 e. The number of hydrogen-bond acceptors (Lipinski definition) is 3. The van der Waals surface area contributed by atoms with Crippen molar-refractivity contribution in [2.45, 2.75) is 51.0 Å². The zero-order valence-electron chi connectivity index (χ0n) is 16.0. The second-order valence-corrected chi connectivity index (χ2v) is 7.50. The molecule has 0 saturated heterocycles. The van der Waals surface area contributed by atoms with Crippen molar-refractivity contribution in [2.75, 3.05) is 6.54 Å². The first kappa shape index (κ1) is 18.5. The molecule has 6 nitrogen and oxygen atoms in total. The molecule has 2 aromatic heterocycles. The fraction of sp³-hybridized carbons (Fsp3) is 0.409. The molecule has 1 amide bonds. The molecule has 1 N–H and O–H groups in total. The number of carbonyl (C=O) groups is 1. The molecule has 3 aromatic rings. The molecular weight excluding hydrogens is 352 g/mol. The number of nitrogens with zero attached hydrogens (tertiary/aromatic N) is 3. The van der Waals surface area contributed by atoms with Crippen LogP contribution in [0.1, 0.15) is 60.4 Å². The molecule has 0 aliphatic heterocycles. The van der Waals surface area contributed by atoms with Gasteiger partial charge in [0.25, 0.3) is 5.91 Å². The number of amides is 1. The third-order valence-corrected chi connectivity index (χ3v) is 5.57. The molecule has 0 atom stereocenters. The van der Waals surface area contributed by atoms with Crippen LogP contribution >= 0.6 is 0 Å². The molecule has 0 bridgehead atoms. The van der Waals surface area contributed by atoms with Crippen molar-refractivity contribution >= 4 is 11.6 Å². The lowest BCUT2D eigenvalue weighted by atomic mass is 9.84. The summed E-state index contributed by atoms with van der Waals surface area (Å²) in [5, 5.41) is 7.23. The Morgan fingerprint density at radius 1 is 1.07 bits per heavy atom. The van der Waals surface area contributed by atoms with E-state index in [0.717, 1.165) is 0 Å². The van der Waals surface area contributed by atoms with Gasteiger partial charge in [-0.3, -0.25) is 9.20 Å². The average Bonchev–Trinajstić information content (AvgIpc) is 3.07. The van der Waals surface area contributed by atoms with Crippen molar-refractivity contribution in [2.24, 2.45) is 0 Å². The van der Waals surface area contributed by atoms with Crippen molar-refractivity contribution < 1.29 is 4.79 Å². The van der Waals surface area contributed by atoms with E-state index >= 15 is 0 Å². The highest BCUT2D eigenvalue weighted by Gasteiger charge is 2.16. The van der Waals surface area contributed by atoms with E-state index in [1.54, 1.807) is 18.3 Å². The molecule has 146 valence electrons. The van der Waals surface area contributed by atoms with Crippen LogP contribution in [0.4, 0.5) is 0 Å². The van der Waals surface area contributed by atoms with Gasteiger partial charge < -0.3 is 5.32 Å². The van der Waals surface area contributed by atoms with Crippen LogP contribution in [0.5, 0.6) is 0 Å². The molecule has 2 heterocycles. The van der Waals surface area contributed by atoms with Crippen molar-refractivity contribution in [3.8, 4) is 0 Å². The lowest BCUT2D eigenvalue weighted by Gasteiger charge is -2.22. The van der Waals surface area contributed by atoms with Gasteiger partial charge in [0.1, 0.15) is 0 Å². The van der Waals surface area contributed by atoms with Gasteiger partial charge in [0.2, 0.25) is 0 Å². The molecule has 1 saturated carbocycles. The lowest BCUT2D eigenvalue weighted by Crippen LogP contribution is -2.27. The third kappa shape index (κ3) is 4.01. The summed E-state index contributed by atoms with van der Waals surface area (Å²) in [6, 6.07) is 13.5. The van der Waals surface area contributed by atoms with E-state index in [2.05, 4.69) is 22.5 Å². The summed E-state index contributed by atoms with van der Waals surface area (Å²) < 4.78 is 2.97. The van der Waals surface area contributed by atoms with E-state index in [0.29, 0.717) is 36.6 Å². The summed E-state index contributed by atoms with van der Waals surface area (Å²) in [5.74, 6) is 0.576. The van der Waals surface area contributed by atoms with Crippen molar-refractivity contribution in [3.63, 3.8) is 0 Å².